The van der Waals surface area contributed by atoms with Crippen LogP contribution in [0.2, 0.25) is 0 Å². The largest absolute Gasteiger partial charge is 0.481 e. The molecule has 0 aromatic heterocycles. The standard InChI is InChI=1S/C8H15NO4/c1-9(2)8(13)6(10)4-3-5-7(11)12/h3-4,6,8,10,13H,5H2,1-2H3,(H,11,12). The molecule has 0 aromatic rings. The van der Waals surface area contributed by atoms with Gasteiger partial charge in [-0.15, -0.1) is 0 Å². The second-order valence-electron chi connectivity index (χ2n) is 2.89. The number of likely N-dealkylation sites (N-methyl/N-ethyl adjacent to an activating group) is 1. The van der Waals surface area contributed by atoms with Gasteiger partial charge in [0.25, 0.3) is 0 Å². The van der Waals surface area contributed by atoms with Gasteiger partial charge in [0.05, 0.1) is 6.42 Å². The summed E-state index contributed by atoms with van der Waals surface area (Å²) in [6, 6.07) is 0. The molecule has 0 amide bonds. The minimum Gasteiger partial charge on any atom is -0.481 e. The number of hydrogen-bond donors (Lipinski definition) is 3. The minimum atomic E-state index is -1.06. The van der Waals surface area contributed by atoms with Crippen molar-refractivity contribution in [3.05, 3.63) is 12.2 Å². The maximum Gasteiger partial charge on any atom is 0.307 e. The van der Waals surface area contributed by atoms with Gasteiger partial charge in [-0.25, -0.2) is 0 Å². The fourth-order valence-corrected chi connectivity index (χ4v) is 0.713. The van der Waals surface area contributed by atoms with Gasteiger partial charge in [0.1, 0.15) is 12.3 Å². The first kappa shape index (κ1) is 12.1. The van der Waals surface area contributed by atoms with Crippen LogP contribution in [0.5, 0.6) is 0 Å². The summed E-state index contributed by atoms with van der Waals surface area (Å²) < 4.78 is 0. The third-order valence-corrected chi connectivity index (χ3v) is 1.46. The molecule has 2 unspecified atom stereocenters. The Morgan fingerprint density at radius 3 is 2.38 bits per heavy atom. The van der Waals surface area contributed by atoms with E-state index in [-0.39, 0.29) is 6.42 Å². The minimum absolute atomic E-state index is 0.156. The van der Waals surface area contributed by atoms with Crippen molar-refractivity contribution in [1.29, 1.82) is 0 Å². The van der Waals surface area contributed by atoms with Gasteiger partial charge in [-0.1, -0.05) is 12.2 Å². The summed E-state index contributed by atoms with van der Waals surface area (Å²) >= 11 is 0. The van der Waals surface area contributed by atoms with Crippen LogP contribution in [-0.2, 0) is 4.79 Å². The molecule has 0 fully saturated rings. The molecule has 0 bridgehead atoms. The maximum absolute atomic E-state index is 10.1. The molecule has 0 saturated carbocycles. The molecule has 3 N–H and O–H groups in total. The molecule has 5 heteroatoms. The Bertz CT molecular complexity index is 191. The van der Waals surface area contributed by atoms with Crippen molar-refractivity contribution in [2.24, 2.45) is 0 Å². The van der Waals surface area contributed by atoms with Crippen molar-refractivity contribution in [3.8, 4) is 0 Å². The molecule has 76 valence electrons. The quantitative estimate of drug-likeness (QED) is 0.392. The number of carbonyl (C=O) groups is 1. The Morgan fingerprint density at radius 1 is 1.46 bits per heavy atom. The summed E-state index contributed by atoms with van der Waals surface area (Å²) in [4.78, 5) is 11.5. The second kappa shape index (κ2) is 5.69. The molecule has 0 rings (SSSR count). The highest BCUT2D eigenvalue weighted by molar-refractivity contribution is 5.68. The SMILES string of the molecule is CN(C)C(O)C(O)C=CCC(=O)O. The van der Waals surface area contributed by atoms with Crippen LogP contribution >= 0.6 is 0 Å². The van der Waals surface area contributed by atoms with Crippen LogP contribution in [0, 0.1) is 0 Å². The summed E-state index contributed by atoms with van der Waals surface area (Å²) in [6.45, 7) is 0. The van der Waals surface area contributed by atoms with E-state index in [0.29, 0.717) is 0 Å². The molecule has 0 aliphatic carbocycles. The Hall–Kier alpha value is -0.910. The average Bonchev–Trinajstić information content (AvgIpc) is 2.02. The first-order chi connectivity index (χ1) is 5.95. The third kappa shape index (κ3) is 5.35. The Morgan fingerprint density at radius 2 is 2.00 bits per heavy atom. The summed E-state index contributed by atoms with van der Waals surface area (Å²) in [5.74, 6) is -0.970. The van der Waals surface area contributed by atoms with E-state index in [9.17, 15) is 15.0 Å². The molecule has 0 aromatic carbocycles. The van der Waals surface area contributed by atoms with Crippen LogP contribution in [0.3, 0.4) is 0 Å². The summed E-state index contributed by atoms with van der Waals surface area (Å²) in [6.07, 6.45) is 0.342. The smallest absolute Gasteiger partial charge is 0.307 e. The van der Waals surface area contributed by atoms with E-state index in [2.05, 4.69) is 0 Å². The lowest BCUT2D eigenvalue weighted by Crippen LogP contribution is -2.37. The number of carboxylic acid groups (broad SMARTS) is 1. The molecule has 0 spiro atoms. The van der Waals surface area contributed by atoms with Crippen molar-refractivity contribution >= 4 is 5.97 Å². The van der Waals surface area contributed by atoms with Crippen molar-refractivity contribution in [2.45, 2.75) is 18.8 Å². The Kier molecular flexibility index (Phi) is 5.29. The van der Waals surface area contributed by atoms with E-state index in [1.807, 2.05) is 0 Å². The van der Waals surface area contributed by atoms with E-state index in [1.54, 1.807) is 14.1 Å². The first-order valence-electron chi connectivity index (χ1n) is 3.86. The fourth-order valence-electron chi connectivity index (χ4n) is 0.713. The lowest BCUT2D eigenvalue weighted by Gasteiger charge is -2.21. The highest BCUT2D eigenvalue weighted by Gasteiger charge is 2.14. The molecular weight excluding hydrogens is 174 g/mol. The van der Waals surface area contributed by atoms with Gasteiger partial charge in [-0.3, -0.25) is 9.69 Å². The van der Waals surface area contributed by atoms with Gasteiger partial charge in [0.2, 0.25) is 0 Å². The van der Waals surface area contributed by atoms with Crippen molar-refractivity contribution in [1.82, 2.24) is 4.90 Å². The molecule has 0 heterocycles. The van der Waals surface area contributed by atoms with Crippen LogP contribution in [0.15, 0.2) is 12.2 Å². The van der Waals surface area contributed by atoms with E-state index in [1.165, 1.54) is 17.1 Å². The van der Waals surface area contributed by atoms with Gasteiger partial charge in [-0.05, 0) is 14.1 Å². The molecule has 0 saturated heterocycles. The van der Waals surface area contributed by atoms with Crippen LogP contribution in [0.25, 0.3) is 0 Å². The maximum atomic E-state index is 10.1. The number of hydrogen-bond acceptors (Lipinski definition) is 4. The first-order valence-corrected chi connectivity index (χ1v) is 3.86. The predicted octanol–water partition coefficient (Wildman–Crippen LogP) is -0.742. The van der Waals surface area contributed by atoms with Gasteiger partial charge in [-0.2, -0.15) is 0 Å². The molecule has 0 aliphatic heterocycles. The fraction of sp³-hybridized carbons (Fsp3) is 0.625. The number of aliphatic hydroxyl groups is 2. The van der Waals surface area contributed by atoms with Crippen LogP contribution in [-0.4, -0.2) is 52.6 Å². The molecule has 13 heavy (non-hydrogen) atoms. The number of carboxylic acids is 1. The number of aliphatic carboxylic acids is 1. The molecule has 0 radical (unpaired) electrons. The second-order valence-corrected chi connectivity index (χ2v) is 2.89. The molecular formula is C8H15NO4. The lowest BCUT2D eigenvalue weighted by atomic mass is 10.2. The Balaban J connectivity index is 3.91. The zero-order chi connectivity index (χ0) is 10.4. The zero-order valence-corrected chi connectivity index (χ0v) is 7.71. The normalized spacial score (nSPS) is 16.4. The highest BCUT2D eigenvalue weighted by Crippen LogP contribution is 1.98. The highest BCUT2D eigenvalue weighted by atomic mass is 16.4. The molecule has 0 aliphatic rings. The van der Waals surface area contributed by atoms with E-state index >= 15 is 0 Å². The molecule has 2 atom stereocenters. The van der Waals surface area contributed by atoms with Crippen LogP contribution in [0.4, 0.5) is 0 Å². The van der Waals surface area contributed by atoms with Crippen molar-refractivity contribution in [3.63, 3.8) is 0 Å². The third-order valence-electron chi connectivity index (χ3n) is 1.46. The van der Waals surface area contributed by atoms with E-state index in [0.717, 1.165) is 0 Å². The average molecular weight is 189 g/mol. The van der Waals surface area contributed by atoms with Gasteiger partial charge >= 0.3 is 5.97 Å². The zero-order valence-electron chi connectivity index (χ0n) is 7.71. The molecule has 5 nitrogen and oxygen atoms in total. The summed E-state index contributed by atoms with van der Waals surface area (Å²) in [5.41, 5.74) is 0. The summed E-state index contributed by atoms with van der Waals surface area (Å²) in [7, 11) is 3.22. The lowest BCUT2D eigenvalue weighted by molar-refractivity contribution is -0.136. The van der Waals surface area contributed by atoms with Crippen molar-refractivity contribution in [2.75, 3.05) is 14.1 Å². The van der Waals surface area contributed by atoms with Crippen LogP contribution < -0.4 is 0 Å². The van der Waals surface area contributed by atoms with Gasteiger partial charge in [0, 0.05) is 0 Å². The number of nitrogens with zero attached hydrogens (tertiary/aromatic N) is 1. The topological polar surface area (TPSA) is 81.0 Å². The van der Waals surface area contributed by atoms with E-state index < -0.39 is 18.3 Å². The number of rotatable bonds is 5. The number of aliphatic hydroxyl groups excluding tert-OH is 2. The monoisotopic (exact) mass is 189 g/mol. The Labute approximate surface area is 76.9 Å². The summed E-state index contributed by atoms with van der Waals surface area (Å²) in [5, 5.41) is 26.7. The van der Waals surface area contributed by atoms with Crippen molar-refractivity contribution < 1.29 is 20.1 Å². The van der Waals surface area contributed by atoms with Crippen LogP contribution in [0.1, 0.15) is 6.42 Å². The van der Waals surface area contributed by atoms with Gasteiger partial charge in [0.15, 0.2) is 0 Å². The predicted molar refractivity (Wildman–Crippen MR) is 47.1 cm³/mol. The van der Waals surface area contributed by atoms with Gasteiger partial charge < -0.3 is 15.3 Å². The van der Waals surface area contributed by atoms with E-state index in [4.69, 9.17) is 5.11 Å².